The Kier molecular flexibility index (Phi) is 2.71. The predicted molar refractivity (Wildman–Crippen MR) is 38.7 cm³/mol. The van der Waals surface area contributed by atoms with Crippen LogP contribution in [0, 0.1) is 0 Å². The van der Waals surface area contributed by atoms with Crippen molar-refractivity contribution in [3.05, 3.63) is 5.82 Å². The highest BCUT2D eigenvalue weighted by Gasteiger charge is 2.03. The van der Waals surface area contributed by atoms with Crippen LogP contribution < -0.4 is 0 Å². The molecule has 0 saturated carbocycles. The summed E-state index contributed by atoms with van der Waals surface area (Å²) < 4.78 is 25.4. The highest BCUT2D eigenvalue weighted by molar-refractivity contribution is 7.85. The summed E-state index contributed by atoms with van der Waals surface area (Å²) in [5.41, 5.74) is 0. The minimum atomic E-state index is -3.36. The van der Waals surface area contributed by atoms with Crippen LogP contribution in [0.15, 0.2) is 0 Å². The van der Waals surface area contributed by atoms with E-state index in [1.165, 1.54) is 0 Å². The molecule has 0 radical (unpaired) electrons. The van der Waals surface area contributed by atoms with Gasteiger partial charge < -0.3 is 0 Å². The molecule has 0 saturated heterocycles. The average Bonchev–Trinajstić information content (AvgIpc) is 2.36. The topological polar surface area (TPSA) is 97.8 Å². The molecule has 68 valence electrons. The van der Waals surface area contributed by atoms with Crippen LogP contribution in [0.25, 0.3) is 0 Å². The third-order valence-electron chi connectivity index (χ3n) is 1.01. The molecule has 0 spiro atoms. The van der Waals surface area contributed by atoms with E-state index in [2.05, 4.69) is 24.8 Å². The van der Waals surface area contributed by atoms with E-state index in [1.54, 1.807) is 0 Å². The van der Waals surface area contributed by atoms with Gasteiger partial charge in [0, 0.05) is 6.42 Å². The maximum atomic E-state index is 10.5. The van der Waals surface area contributed by atoms with Gasteiger partial charge in [0.05, 0.1) is 12.9 Å². The molecule has 8 heteroatoms. The van der Waals surface area contributed by atoms with E-state index in [-0.39, 0.29) is 6.61 Å². The first kappa shape index (κ1) is 9.07. The molecular formula is C4H8N4O3S. The van der Waals surface area contributed by atoms with E-state index in [0.717, 1.165) is 6.26 Å². The van der Waals surface area contributed by atoms with Crippen LogP contribution in [0.5, 0.6) is 0 Å². The first-order chi connectivity index (χ1) is 5.58. The fraction of sp³-hybridized carbons (Fsp3) is 0.750. The molecular weight excluding hydrogens is 184 g/mol. The zero-order valence-corrected chi connectivity index (χ0v) is 7.21. The second-order valence-corrected chi connectivity index (χ2v) is 3.75. The molecule has 0 fully saturated rings. The van der Waals surface area contributed by atoms with Crippen LogP contribution in [-0.4, -0.2) is 41.9 Å². The normalized spacial score (nSPS) is 11.8. The number of nitrogens with one attached hydrogen (secondary N) is 1. The molecule has 0 aliphatic rings. The van der Waals surface area contributed by atoms with Crippen molar-refractivity contribution in [2.75, 3.05) is 12.9 Å². The maximum Gasteiger partial charge on any atom is 0.264 e. The summed E-state index contributed by atoms with van der Waals surface area (Å²) in [5.74, 6) is 0.429. The summed E-state index contributed by atoms with van der Waals surface area (Å²) in [7, 11) is -3.36. The van der Waals surface area contributed by atoms with Gasteiger partial charge in [-0.15, -0.1) is 10.2 Å². The molecule has 1 aromatic heterocycles. The maximum absolute atomic E-state index is 10.5. The van der Waals surface area contributed by atoms with Crippen LogP contribution in [0.4, 0.5) is 0 Å². The van der Waals surface area contributed by atoms with Gasteiger partial charge in [-0.3, -0.25) is 4.18 Å². The van der Waals surface area contributed by atoms with Gasteiger partial charge in [-0.25, -0.2) is 0 Å². The zero-order chi connectivity index (χ0) is 9.03. The Labute approximate surface area is 69.2 Å². The summed E-state index contributed by atoms with van der Waals surface area (Å²) in [6.45, 7) is 0.0400. The fourth-order valence-electron chi connectivity index (χ4n) is 0.573. The number of nitrogens with zero attached hydrogens (tertiary/aromatic N) is 3. The van der Waals surface area contributed by atoms with Gasteiger partial charge in [0.15, 0.2) is 5.82 Å². The second kappa shape index (κ2) is 3.59. The molecule has 1 N–H and O–H groups in total. The van der Waals surface area contributed by atoms with Crippen LogP contribution in [-0.2, 0) is 20.7 Å². The minimum absolute atomic E-state index is 0.0400. The van der Waals surface area contributed by atoms with E-state index in [9.17, 15) is 8.42 Å². The van der Waals surface area contributed by atoms with E-state index >= 15 is 0 Å². The standard InChI is InChI=1S/C4H8N4O3S/c1-12(9,10)11-3-2-4-5-7-8-6-4/h2-3H2,1H3,(H,5,6,7,8). The van der Waals surface area contributed by atoms with Crippen LogP contribution >= 0.6 is 0 Å². The van der Waals surface area contributed by atoms with Crippen LogP contribution in [0.1, 0.15) is 5.82 Å². The van der Waals surface area contributed by atoms with E-state index < -0.39 is 10.1 Å². The third-order valence-corrected chi connectivity index (χ3v) is 1.61. The van der Waals surface area contributed by atoms with Crippen molar-refractivity contribution in [2.24, 2.45) is 0 Å². The number of hydrogen-bond acceptors (Lipinski definition) is 6. The molecule has 0 aliphatic heterocycles. The van der Waals surface area contributed by atoms with Crippen LogP contribution in [0.2, 0.25) is 0 Å². The van der Waals surface area contributed by atoms with Crippen molar-refractivity contribution in [3.63, 3.8) is 0 Å². The monoisotopic (exact) mass is 192 g/mol. The van der Waals surface area contributed by atoms with Crippen molar-refractivity contribution in [1.82, 2.24) is 20.6 Å². The molecule has 0 unspecified atom stereocenters. The highest BCUT2D eigenvalue weighted by atomic mass is 32.2. The number of rotatable bonds is 4. The Balaban J connectivity index is 2.29. The van der Waals surface area contributed by atoms with Crippen molar-refractivity contribution in [2.45, 2.75) is 6.42 Å². The summed E-state index contributed by atoms with van der Waals surface area (Å²) in [4.78, 5) is 0. The summed E-state index contributed by atoms with van der Waals surface area (Å²) in [6.07, 6.45) is 1.31. The summed E-state index contributed by atoms with van der Waals surface area (Å²) >= 11 is 0. The zero-order valence-electron chi connectivity index (χ0n) is 6.39. The van der Waals surface area contributed by atoms with E-state index in [1.807, 2.05) is 0 Å². The van der Waals surface area contributed by atoms with Crippen molar-refractivity contribution in [1.29, 1.82) is 0 Å². The predicted octanol–water partition coefficient (Wildman–Crippen LogP) is -1.28. The first-order valence-corrected chi connectivity index (χ1v) is 4.96. The van der Waals surface area contributed by atoms with Crippen LogP contribution in [0.3, 0.4) is 0 Å². The Morgan fingerprint density at radius 3 is 2.83 bits per heavy atom. The lowest BCUT2D eigenvalue weighted by Gasteiger charge is -1.96. The first-order valence-electron chi connectivity index (χ1n) is 3.14. The molecule has 1 heterocycles. The Morgan fingerprint density at radius 1 is 1.58 bits per heavy atom. The molecule has 7 nitrogen and oxygen atoms in total. The van der Waals surface area contributed by atoms with Gasteiger partial charge in [-0.05, 0) is 0 Å². The molecule has 0 aromatic carbocycles. The van der Waals surface area contributed by atoms with Gasteiger partial charge in [-0.2, -0.15) is 13.6 Å². The number of H-pyrrole nitrogens is 1. The van der Waals surface area contributed by atoms with Gasteiger partial charge in [0.2, 0.25) is 0 Å². The van der Waals surface area contributed by atoms with Crippen molar-refractivity contribution >= 4 is 10.1 Å². The fourth-order valence-corrected chi connectivity index (χ4v) is 0.959. The number of tetrazole rings is 1. The largest absolute Gasteiger partial charge is 0.270 e. The molecule has 0 aliphatic carbocycles. The van der Waals surface area contributed by atoms with Crippen molar-refractivity contribution in [3.8, 4) is 0 Å². The average molecular weight is 192 g/mol. The van der Waals surface area contributed by atoms with E-state index in [0.29, 0.717) is 12.2 Å². The van der Waals surface area contributed by atoms with Gasteiger partial charge in [0.25, 0.3) is 10.1 Å². The molecule has 0 amide bonds. The Bertz CT molecular complexity index is 318. The minimum Gasteiger partial charge on any atom is -0.270 e. The highest BCUT2D eigenvalue weighted by Crippen LogP contribution is 1.91. The SMILES string of the molecule is CS(=O)(=O)OCCc1nn[nH]n1. The molecule has 1 aromatic rings. The molecule has 1 rings (SSSR count). The molecule has 12 heavy (non-hydrogen) atoms. The van der Waals surface area contributed by atoms with E-state index in [4.69, 9.17) is 0 Å². The van der Waals surface area contributed by atoms with Crippen molar-refractivity contribution < 1.29 is 12.6 Å². The summed E-state index contributed by atoms with van der Waals surface area (Å²) in [5, 5.41) is 12.8. The summed E-state index contributed by atoms with van der Waals surface area (Å²) in [6, 6.07) is 0. The Hall–Kier alpha value is -1.02. The third kappa shape index (κ3) is 3.39. The van der Waals surface area contributed by atoms with Gasteiger partial charge in [0.1, 0.15) is 0 Å². The molecule has 0 bridgehead atoms. The quantitative estimate of drug-likeness (QED) is 0.596. The second-order valence-electron chi connectivity index (χ2n) is 2.10. The Morgan fingerprint density at radius 2 is 2.33 bits per heavy atom. The molecule has 0 atom stereocenters. The number of aromatic nitrogens is 4. The van der Waals surface area contributed by atoms with Gasteiger partial charge >= 0.3 is 0 Å². The van der Waals surface area contributed by atoms with Gasteiger partial charge in [-0.1, -0.05) is 5.21 Å². The number of hydrogen-bond donors (Lipinski definition) is 1. The lowest BCUT2D eigenvalue weighted by molar-refractivity contribution is 0.323. The lowest BCUT2D eigenvalue weighted by atomic mass is 10.4. The number of aromatic amines is 1. The lowest BCUT2D eigenvalue weighted by Crippen LogP contribution is -2.06. The smallest absolute Gasteiger partial charge is 0.264 e.